The van der Waals surface area contributed by atoms with Gasteiger partial charge in [0, 0.05) is 37.8 Å². The van der Waals surface area contributed by atoms with Crippen LogP contribution in [0, 0.1) is 6.92 Å². The Hall–Kier alpha value is -2.17. The van der Waals surface area contributed by atoms with Gasteiger partial charge >= 0.3 is 0 Å². The van der Waals surface area contributed by atoms with Crippen molar-refractivity contribution in [3.8, 4) is 0 Å². The van der Waals surface area contributed by atoms with Gasteiger partial charge in [-0.2, -0.15) is 0 Å². The lowest BCUT2D eigenvalue weighted by molar-refractivity contribution is -0.121. The van der Waals surface area contributed by atoms with Gasteiger partial charge in [0.25, 0.3) is 0 Å². The summed E-state index contributed by atoms with van der Waals surface area (Å²) in [5, 5.41) is 3.43. The maximum Gasteiger partial charge on any atom is 0.228 e. The predicted octanol–water partition coefficient (Wildman–Crippen LogP) is 5.00. The van der Waals surface area contributed by atoms with E-state index in [1.165, 1.54) is 24.0 Å². The van der Waals surface area contributed by atoms with Crippen LogP contribution in [-0.4, -0.2) is 30.7 Å². The minimum Gasteiger partial charge on any atom is -0.375 e. The van der Waals surface area contributed by atoms with Gasteiger partial charge < -0.3 is 15.0 Å². The first-order valence-electron chi connectivity index (χ1n) is 11.4. The molecule has 160 valence electrons. The zero-order chi connectivity index (χ0) is 20.8. The quantitative estimate of drug-likeness (QED) is 0.658. The first-order chi connectivity index (χ1) is 14.7. The molecular weight excluding hydrogens is 372 g/mol. The summed E-state index contributed by atoms with van der Waals surface area (Å²) in [6.45, 7) is 4.32. The Kier molecular flexibility index (Phi) is 6.86. The molecular formula is C26H34N2O2. The molecule has 0 aromatic heterocycles. The Morgan fingerprint density at radius 2 is 1.83 bits per heavy atom. The van der Waals surface area contributed by atoms with Crippen molar-refractivity contribution in [3.05, 3.63) is 65.7 Å². The molecule has 1 spiro atoms. The fourth-order valence-electron chi connectivity index (χ4n) is 5.00. The van der Waals surface area contributed by atoms with Crippen molar-refractivity contribution in [2.45, 2.75) is 70.1 Å². The van der Waals surface area contributed by atoms with Crippen molar-refractivity contribution in [2.24, 2.45) is 0 Å². The summed E-state index contributed by atoms with van der Waals surface area (Å²) < 4.78 is 6.24. The van der Waals surface area contributed by atoms with Gasteiger partial charge in [-0.1, -0.05) is 60.9 Å². The van der Waals surface area contributed by atoms with E-state index in [1.807, 2.05) is 18.2 Å². The average molecular weight is 407 g/mol. The largest absolute Gasteiger partial charge is 0.375 e. The molecule has 1 aliphatic heterocycles. The van der Waals surface area contributed by atoms with E-state index in [1.54, 1.807) is 0 Å². The Morgan fingerprint density at radius 1 is 1.10 bits per heavy atom. The van der Waals surface area contributed by atoms with Gasteiger partial charge in [0.15, 0.2) is 0 Å². The maximum absolute atomic E-state index is 13.4. The fraction of sp³-hybridized carbons (Fsp3) is 0.500. The number of amides is 1. The lowest BCUT2D eigenvalue weighted by Gasteiger charge is -2.43. The Balaban J connectivity index is 1.43. The third-order valence-electron chi connectivity index (χ3n) is 6.62. The molecule has 1 aliphatic carbocycles. The van der Waals surface area contributed by atoms with Crippen LogP contribution >= 0.6 is 0 Å². The second-order valence-electron chi connectivity index (χ2n) is 8.90. The van der Waals surface area contributed by atoms with Crippen LogP contribution in [-0.2, 0) is 16.1 Å². The number of aryl methyl sites for hydroxylation is 1. The second kappa shape index (κ2) is 9.76. The summed E-state index contributed by atoms with van der Waals surface area (Å²) in [7, 11) is 0. The number of benzene rings is 2. The molecule has 4 rings (SSSR count). The molecule has 2 fully saturated rings. The highest BCUT2D eigenvalue weighted by molar-refractivity contribution is 5.94. The van der Waals surface area contributed by atoms with Crippen molar-refractivity contribution in [1.29, 1.82) is 0 Å². The molecule has 2 aliphatic rings. The molecule has 1 N–H and O–H groups in total. The number of carbonyl (C=O) groups is 1. The number of ether oxygens (including phenoxy) is 1. The number of nitrogens with zero attached hydrogens (tertiary/aromatic N) is 1. The van der Waals surface area contributed by atoms with Crippen LogP contribution in [0.15, 0.2) is 54.6 Å². The third kappa shape index (κ3) is 5.11. The molecule has 0 radical (unpaired) electrons. The Bertz CT molecular complexity index is 813. The minimum absolute atomic E-state index is 0.00228. The molecule has 4 nitrogen and oxygen atoms in total. The van der Waals surface area contributed by atoms with Gasteiger partial charge in [-0.15, -0.1) is 0 Å². The number of hydrogen-bond donors (Lipinski definition) is 1. The molecule has 1 heterocycles. The predicted molar refractivity (Wildman–Crippen MR) is 122 cm³/mol. The van der Waals surface area contributed by atoms with E-state index in [0.717, 1.165) is 44.5 Å². The van der Waals surface area contributed by atoms with Crippen LogP contribution in [0.3, 0.4) is 0 Å². The van der Waals surface area contributed by atoms with E-state index in [0.29, 0.717) is 13.0 Å². The molecule has 4 heteroatoms. The number of nitrogens with one attached hydrogen (secondary N) is 1. The number of rotatable bonds is 7. The zero-order valence-electron chi connectivity index (χ0n) is 18.1. The van der Waals surface area contributed by atoms with E-state index >= 15 is 0 Å². The zero-order valence-corrected chi connectivity index (χ0v) is 18.1. The van der Waals surface area contributed by atoms with Crippen molar-refractivity contribution in [3.63, 3.8) is 0 Å². The van der Waals surface area contributed by atoms with Crippen molar-refractivity contribution in [2.75, 3.05) is 18.1 Å². The monoisotopic (exact) mass is 406 g/mol. The van der Waals surface area contributed by atoms with Gasteiger partial charge in [0.2, 0.25) is 5.91 Å². The van der Waals surface area contributed by atoms with E-state index in [9.17, 15) is 4.79 Å². The minimum atomic E-state index is -0.00228. The van der Waals surface area contributed by atoms with Gasteiger partial charge in [-0.05, 0) is 50.3 Å². The van der Waals surface area contributed by atoms with E-state index in [2.05, 4.69) is 53.5 Å². The topological polar surface area (TPSA) is 41.6 Å². The molecule has 1 amide bonds. The molecule has 1 atom stereocenters. The van der Waals surface area contributed by atoms with Gasteiger partial charge in [0.05, 0.1) is 5.60 Å². The highest BCUT2D eigenvalue weighted by atomic mass is 16.5. The van der Waals surface area contributed by atoms with Crippen LogP contribution in [0.5, 0.6) is 0 Å². The van der Waals surface area contributed by atoms with Crippen LogP contribution in [0.25, 0.3) is 0 Å². The van der Waals surface area contributed by atoms with Gasteiger partial charge in [-0.25, -0.2) is 0 Å². The lowest BCUT2D eigenvalue weighted by Crippen LogP contribution is -2.50. The SMILES string of the molecule is Cc1ccc(N(C(=O)CCNCc2ccccc2)C2CCOC3(CCCC3)C2)cc1. The molecule has 2 aromatic carbocycles. The smallest absolute Gasteiger partial charge is 0.228 e. The molecule has 1 unspecified atom stereocenters. The number of anilines is 1. The molecule has 1 saturated carbocycles. The summed E-state index contributed by atoms with van der Waals surface area (Å²) in [5.41, 5.74) is 3.48. The normalized spacial score (nSPS) is 20.4. The van der Waals surface area contributed by atoms with Crippen LogP contribution in [0.1, 0.15) is 56.1 Å². The van der Waals surface area contributed by atoms with Gasteiger partial charge in [-0.3, -0.25) is 4.79 Å². The highest BCUT2D eigenvalue weighted by Crippen LogP contribution is 2.42. The van der Waals surface area contributed by atoms with Crippen molar-refractivity contribution >= 4 is 11.6 Å². The van der Waals surface area contributed by atoms with Crippen molar-refractivity contribution in [1.82, 2.24) is 5.32 Å². The van der Waals surface area contributed by atoms with Crippen LogP contribution < -0.4 is 10.2 Å². The standard InChI is InChI=1S/C26H34N2O2/c1-21-9-11-23(12-10-21)28(24-14-18-30-26(19-24)15-5-6-16-26)25(29)13-17-27-20-22-7-3-2-4-8-22/h2-4,7-12,24,27H,5-6,13-20H2,1H3. The van der Waals surface area contributed by atoms with Gasteiger partial charge in [0.1, 0.15) is 0 Å². The van der Waals surface area contributed by atoms with Crippen LogP contribution in [0.4, 0.5) is 5.69 Å². The van der Waals surface area contributed by atoms with E-state index in [4.69, 9.17) is 4.74 Å². The van der Waals surface area contributed by atoms with E-state index in [-0.39, 0.29) is 17.6 Å². The highest BCUT2D eigenvalue weighted by Gasteiger charge is 2.42. The Morgan fingerprint density at radius 3 is 2.57 bits per heavy atom. The number of hydrogen-bond acceptors (Lipinski definition) is 3. The summed E-state index contributed by atoms with van der Waals surface area (Å²) in [5.74, 6) is 0.208. The first kappa shape index (κ1) is 21.1. The summed E-state index contributed by atoms with van der Waals surface area (Å²) in [6, 6.07) is 19.0. The second-order valence-corrected chi connectivity index (χ2v) is 8.90. The fourth-order valence-corrected chi connectivity index (χ4v) is 5.00. The molecule has 2 aromatic rings. The Labute approximate surface area is 180 Å². The first-order valence-corrected chi connectivity index (χ1v) is 11.4. The molecule has 1 saturated heterocycles. The summed E-state index contributed by atoms with van der Waals surface area (Å²) in [6.07, 6.45) is 7.15. The lowest BCUT2D eigenvalue weighted by atomic mass is 9.87. The van der Waals surface area contributed by atoms with Crippen LogP contribution in [0.2, 0.25) is 0 Å². The van der Waals surface area contributed by atoms with Crippen molar-refractivity contribution < 1.29 is 9.53 Å². The maximum atomic E-state index is 13.4. The number of carbonyl (C=O) groups excluding carboxylic acids is 1. The summed E-state index contributed by atoms with van der Waals surface area (Å²) in [4.78, 5) is 15.5. The van der Waals surface area contributed by atoms with E-state index < -0.39 is 0 Å². The summed E-state index contributed by atoms with van der Waals surface area (Å²) >= 11 is 0. The molecule has 0 bridgehead atoms. The third-order valence-corrected chi connectivity index (χ3v) is 6.62. The average Bonchev–Trinajstić information content (AvgIpc) is 3.21. The molecule has 30 heavy (non-hydrogen) atoms.